The second kappa shape index (κ2) is 14.0. The number of benzene rings is 2. The second-order valence-electron chi connectivity index (χ2n) is 10.7. The molecule has 5 atom stereocenters. The van der Waals surface area contributed by atoms with Gasteiger partial charge in [-0.25, -0.2) is 4.79 Å². The smallest absolute Gasteiger partial charge is 0.326 e. The molecule has 0 radical (unpaired) electrons. The molecule has 4 rings (SSSR count). The van der Waals surface area contributed by atoms with Gasteiger partial charge in [-0.1, -0.05) is 56.7 Å². The molecule has 2 aromatic heterocycles. The van der Waals surface area contributed by atoms with Crippen molar-refractivity contribution in [1.82, 2.24) is 25.9 Å². The minimum atomic E-state index is -1.40. The Morgan fingerprint density at radius 3 is 1.84 bits per heavy atom. The predicted molar refractivity (Wildman–Crippen MR) is 162 cm³/mol. The lowest BCUT2D eigenvalue weighted by Crippen LogP contribution is -2.59. The number of carbonyl (C=O) groups is 4. The first-order chi connectivity index (χ1) is 20.6. The Balaban J connectivity index is 1.49. The summed E-state index contributed by atoms with van der Waals surface area (Å²) >= 11 is 0. The molecule has 3 amide bonds. The van der Waals surface area contributed by atoms with E-state index >= 15 is 0 Å². The molecule has 0 saturated heterocycles. The maximum atomic E-state index is 13.4. The average molecular weight is 591 g/mol. The first-order valence-corrected chi connectivity index (χ1v) is 14.2. The van der Waals surface area contributed by atoms with Crippen LogP contribution in [0.15, 0.2) is 60.9 Å². The molecule has 12 heteroatoms. The third kappa shape index (κ3) is 7.40. The molecule has 0 aliphatic rings. The van der Waals surface area contributed by atoms with Gasteiger partial charge in [-0.2, -0.15) is 0 Å². The van der Waals surface area contributed by atoms with Crippen molar-refractivity contribution in [3.05, 3.63) is 72.1 Å². The normalized spacial score (nSPS) is 14.9. The van der Waals surface area contributed by atoms with Gasteiger partial charge < -0.3 is 41.9 Å². The van der Waals surface area contributed by atoms with Crippen LogP contribution in [-0.2, 0) is 32.0 Å². The van der Waals surface area contributed by atoms with Gasteiger partial charge in [-0.3, -0.25) is 14.4 Å². The van der Waals surface area contributed by atoms with Gasteiger partial charge in [0.05, 0.1) is 12.6 Å². The first kappa shape index (κ1) is 31.3. The molecule has 5 unspecified atom stereocenters. The zero-order chi connectivity index (χ0) is 31.1. The van der Waals surface area contributed by atoms with Gasteiger partial charge in [0.1, 0.15) is 18.1 Å². The molecule has 0 aliphatic heterocycles. The van der Waals surface area contributed by atoms with Gasteiger partial charge in [0, 0.05) is 40.6 Å². The van der Waals surface area contributed by atoms with Crippen LogP contribution in [0.5, 0.6) is 0 Å². The van der Waals surface area contributed by atoms with E-state index in [0.717, 1.165) is 32.9 Å². The summed E-state index contributed by atoms with van der Waals surface area (Å²) in [5.74, 6) is -3.73. The summed E-state index contributed by atoms with van der Waals surface area (Å²) in [5, 5.41) is 29.1. The fraction of sp³-hybridized carbons (Fsp3) is 0.355. The number of H-pyrrole nitrogens is 2. The van der Waals surface area contributed by atoms with Crippen molar-refractivity contribution in [2.45, 2.75) is 57.3 Å². The summed E-state index contributed by atoms with van der Waals surface area (Å²) in [5.41, 5.74) is 9.43. The van der Waals surface area contributed by atoms with Crippen molar-refractivity contribution in [3.63, 3.8) is 0 Å². The van der Waals surface area contributed by atoms with Gasteiger partial charge in [-0.05, 0) is 35.6 Å². The molecule has 0 bridgehead atoms. The highest BCUT2D eigenvalue weighted by atomic mass is 16.4. The number of nitrogens with one attached hydrogen (secondary N) is 5. The molecule has 2 aromatic carbocycles. The van der Waals surface area contributed by atoms with Crippen LogP contribution in [0.1, 0.15) is 31.4 Å². The number of carbonyl (C=O) groups excluding carboxylic acids is 3. The van der Waals surface area contributed by atoms with Crippen LogP contribution in [0, 0.1) is 5.92 Å². The van der Waals surface area contributed by atoms with E-state index in [0.29, 0.717) is 6.42 Å². The summed E-state index contributed by atoms with van der Waals surface area (Å²) < 4.78 is 0. The molecule has 0 saturated carbocycles. The molecule has 0 aliphatic carbocycles. The number of aliphatic carboxylic acids is 1. The SMILES string of the molecule is CCC(C)C(NC(=O)C(Cc1c[nH]c2ccccc12)NC(=O)C(CO)NC(=O)C(N)Cc1c[nH]c2ccccc12)C(=O)O. The number of rotatable bonds is 14. The van der Waals surface area contributed by atoms with Crippen LogP contribution in [0.25, 0.3) is 21.8 Å². The number of carboxylic acids is 1. The van der Waals surface area contributed by atoms with Crippen molar-refractivity contribution < 1.29 is 29.4 Å². The lowest BCUT2D eigenvalue weighted by Gasteiger charge is -2.26. The van der Waals surface area contributed by atoms with E-state index in [9.17, 15) is 29.4 Å². The zero-order valence-electron chi connectivity index (χ0n) is 24.1. The van der Waals surface area contributed by atoms with Crippen molar-refractivity contribution in [1.29, 1.82) is 0 Å². The molecule has 0 fully saturated rings. The van der Waals surface area contributed by atoms with Gasteiger partial charge in [-0.15, -0.1) is 0 Å². The maximum Gasteiger partial charge on any atom is 0.326 e. The van der Waals surface area contributed by atoms with Crippen molar-refractivity contribution >= 4 is 45.5 Å². The number of aromatic amines is 2. The second-order valence-corrected chi connectivity index (χ2v) is 10.7. The quantitative estimate of drug-likeness (QED) is 0.108. The molecule has 12 nitrogen and oxygen atoms in total. The summed E-state index contributed by atoms with van der Waals surface area (Å²) in [7, 11) is 0. The number of carboxylic acid groups (broad SMARTS) is 1. The number of para-hydroxylation sites is 2. The Labute approximate surface area is 248 Å². The Hall–Kier alpha value is -4.68. The highest BCUT2D eigenvalue weighted by Gasteiger charge is 2.32. The molecule has 9 N–H and O–H groups in total. The first-order valence-electron chi connectivity index (χ1n) is 14.2. The third-order valence-electron chi connectivity index (χ3n) is 7.78. The molecule has 2 heterocycles. The van der Waals surface area contributed by atoms with E-state index in [1.54, 1.807) is 19.3 Å². The van der Waals surface area contributed by atoms with Crippen molar-refractivity contribution in [3.8, 4) is 0 Å². The number of aliphatic hydroxyl groups excluding tert-OH is 1. The highest BCUT2D eigenvalue weighted by Crippen LogP contribution is 2.20. The van der Waals surface area contributed by atoms with E-state index in [2.05, 4.69) is 25.9 Å². The van der Waals surface area contributed by atoms with Gasteiger partial charge in [0.25, 0.3) is 0 Å². The Bertz CT molecular complexity index is 1600. The van der Waals surface area contributed by atoms with Gasteiger partial charge >= 0.3 is 5.97 Å². The summed E-state index contributed by atoms with van der Waals surface area (Å²) in [6, 6.07) is 10.2. The number of aliphatic hydroxyl groups is 1. The minimum Gasteiger partial charge on any atom is -0.480 e. The molecular weight excluding hydrogens is 552 g/mol. The van der Waals surface area contributed by atoms with E-state index in [4.69, 9.17) is 5.73 Å². The molecule has 43 heavy (non-hydrogen) atoms. The topological polar surface area (TPSA) is 202 Å². The number of nitrogens with two attached hydrogens (primary N) is 1. The van der Waals surface area contributed by atoms with Crippen LogP contribution in [0.3, 0.4) is 0 Å². The van der Waals surface area contributed by atoms with E-state index in [1.165, 1.54) is 0 Å². The number of hydrogen-bond acceptors (Lipinski definition) is 6. The van der Waals surface area contributed by atoms with Crippen molar-refractivity contribution in [2.75, 3.05) is 6.61 Å². The van der Waals surface area contributed by atoms with Crippen LogP contribution in [0.2, 0.25) is 0 Å². The van der Waals surface area contributed by atoms with Crippen LogP contribution in [-0.4, -0.2) is 74.6 Å². The third-order valence-corrected chi connectivity index (χ3v) is 7.78. The number of aromatic nitrogens is 2. The van der Waals surface area contributed by atoms with Crippen molar-refractivity contribution in [2.24, 2.45) is 11.7 Å². The van der Waals surface area contributed by atoms with Gasteiger partial charge in [0.2, 0.25) is 17.7 Å². The van der Waals surface area contributed by atoms with Crippen LogP contribution >= 0.6 is 0 Å². The summed E-state index contributed by atoms with van der Waals surface area (Å²) in [6.45, 7) is 2.78. The fourth-order valence-electron chi connectivity index (χ4n) is 5.04. The minimum absolute atomic E-state index is 0.0284. The molecule has 0 spiro atoms. The monoisotopic (exact) mass is 590 g/mol. The fourth-order valence-corrected chi connectivity index (χ4v) is 5.04. The zero-order valence-corrected chi connectivity index (χ0v) is 24.1. The average Bonchev–Trinajstić information content (AvgIpc) is 3.61. The maximum absolute atomic E-state index is 13.4. The number of fused-ring (bicyclic) bond motifs is 2. The molecule has 4 aromatic rings. The Morgan fingerprint density at radius 2 is 1.30 bits per heavy atom. The lowest BCUT2D eigenvalue weighted by molar-refractivity contribution is -0.143. The Kier molecular flexibility index (Phi) is 10.2. The lowest BCUT2D eigenvalue weighted by atomic mass is 9.98. The number of amides is 3. The predicted octanol–water partition coefficient (Wildman–Crippen LogP) is 1.34. The van der Waals surface area contributed by atoms with E-state index in [1.807, 2.05) is 55.5 Å². The van der Waals surface area contributed by atoms with Crippen LogP contribution in [0.4, 0.5) is 0 Å². The summed E-state index contributed by atoms with van der Waals surface area (Å²) in [6.07, 6.45) is 4.21. The Morgan fingerprint density at radius 1 is 0.791 bits per heavy atom. The summed E-state index contributed by atoms with van der Waals surface area (Å²) in [4.78, 5) is 57.8. The largest absolute Gasteiger partial charge is 0.480 e. The van der Waals surface area contributed by atoms with E-state index in [-0.39, 0.29) is 18.8 Å². The standard InChI is InChI=1S/C31H38N6O6/c1-3-17(2)27(31(42)43)37-29(40)25(13-19-15-34-24-11-7-5-9-21(19)24)35-30(41)26(16-38)36-28(39)22(32)12-18-14-33-23-10-6-4-8-20(18)23/h4-11,14-15,17,22,25-27,33-34,38H,3,12-13,16,32H2,1-2H3,(H,35,41)(H,36,39)(H,37,40)(H,42,43). The van der Waals surface area contributed by atoms with E-state index < -0.39 is 54.5 Å². The van der Waals surface area contributed by atoms with Gasteiger partial charge in [0.15, 0.2) is 0 Å². The highest BCUT2D eigenvalue weighted by molar-refractivity contribution is 5.95. The van der Waals surface area contributed by atoms with Crippen LogP contribution < -0.4 is 21.7 Å². The molecular formula is C31H38N6O6. The molecule has 228 valence electrons. The number of hydrogen-bond donors (Lipinski definition) is 8.